The number of benzene rings is 3. The summed E-state index contributed by atoms with van der Waals surface area (Å²) >= 11 is 6.98. The highest BCUT2D eigenvalue weighted by molar-refractivity contribution is 6.33. The Hall–Kier alpha value is -4.84. The van der Waals surface area contributed by atoms with Gasteiger partial charge in [0.15, 0.2) is 0 Å². The Morgan fingerprint density at radius 2 is 1.66 bits per heavy atom. The molecule has 3 aromatic rings. The van der Waals surface area contributed by atoms with E-state index in [2.05, 4.69) is 5.32 Å². The summed E-state index contributed by atoms with van der Waals surface area (Å²) in [7, 11) is 0. The van der Waals surface area contributed by atoms with Crippen molar-refractivity contribution in [3.05, 3.63) is 112 Å². The molecule has 5 rings (SSSR count). The summed E-state index contributed by atoms with van der Waals surface area (Å²) in [6, 6.07) is 18.4. The minimum Gasteiger partial charge on any atom is -0.460 e. The lowest BCUT2D eigenvalue weighted by Crippen LogP contribution is -2.75. The third-order valence-electron chi connectivity index (χ3n) is 8.29. The number of rotatable bonds is 11. The first kappa shape index (κ1) is 36.4. The zero-order valence-corrected chi connectivity index (χ0v) is 28.4. The van der Waals surface area contributed by atoms with Crippen molar-refractivity contribution in [1.29, 1.82) is 0 Å². The number of nitrogens with one attached hydrogen (secondary N) is 1. The van der Waals surface area contributed by atoms with Gasteiger partial charge < -0.3 is 19.7 Å². The molecule has 0 aliphatic carbocycles. The number of carbonyl (C=O) groups is 4. The molecular formula is C37H37ClF3N3O6. The second-order valence-electron chi connectivity index (χ2n) is 13.0. The average molecular weight is 712 g/mol. The van der Waals surface area contributed by atoms with Gasteiger partial charge in [-0.3, -0.25) is 19.3 Å². The van der Waals surface area contributed by atoms with Gasteiger partial charge in [-0.05, 0) is 62.1 Å². The van der Waals surface area contributed by atoms with Gasteiger partial charge >= 0.3 is 18.2 Å². The number of β-lactam (4-membered cyclic amide) rings is 1. The second-order valence-corrected chi connectivity index (χ2v) is 13.5. The topological polar surface area (TPSA) is 105 Å². The van der Waals surface area contributed by atoms with Gasteiger partial charge in [0.05, 0.1) is 17.6 Å². The fraction of sp³-hybridized carbons (Fsp3) is 0.351. The molecule has 3 amide bonds. The van der Waals surface area contributed by atoms with Crippen molar-refractivity contribution < 1.29 is 41.8 Å². The monoisotopic (exact) mass is 711 g/mol. The van der Waals surface area contributed by atoms with Crippen LogP contribution in [0.5, 0.6) is 0 Å². The summed E-state index contributed by atoms with van der Waals surface area (Å²) < 4.78 is 50.9. The number of alkyl halides is 3. The predicted molar refractivity (Wildman–Crippen MR) is 179 cm³/mol. The lowest BCUT2D eigenvalue weighted by molar-refractivity contribution is -0.165. The minimum absolute atomic E-state index is 0.0150. The van der Waals surface area contributed by atoms with E-state index in [1.165, 1.54) is 21.9 Å². The molecule has 0 bridgehead atoms. The molecule has 13 heteroatoms. The van der Waals surface area contributed by atoms with Gasteiger partial charge in [-0.2, -0.15) is 13.2 Å². The van der Waals surface area contributed by atoms with Crippen LogP contribution in [0.4, 0.5) is 18.0 Å². The van der Waals surface area contributed by atoms with Crippen molar-refractivity contribution >= 4 is 41.6 Å². The first-order valence-electron chi connectivity index (χ1n) is 16.0. The van der Waals surface area contributed by atoms with Crippen LogP contribution in [-0.4, -0.2) is 64.0 Å². The van der Waals surface area contributed by atoms with Gasteiger partial charge in [0, 0.05) is 18.0 Å². The number of carbonyl (C=O) groups excluding carboxylic acids is 4. The first-order chi connectivity index (χ1) is 23.6. The van der Waals surface area contributed by atoms with E-state index in [1.807, 2.05) is 24.3 Å². The number of likely N-dealkylation sites (tertiary alicyclic amines) is 1. The Balaban J connectivity index is 1.50. The molecule has 4 atom stereocenters. The van der Waals surface area contributed by atoms with Crippen molar-refractivity contribution in [2.24, 2.45) is 0 Å². The number of cyclic esters (lactones) is 1. The van der Waals surface area contributed by atoms with E-state index in [0.717, 1.165) is 17.7 Å². The number of esters is 1. The van der Waals surface area contributed by atoms with Crippen molar-refractivity contribution in [2.75, 3.05) is 6.61 Å². The van der Waals surface area contributed by atoms with Crippen LogP contribution < -0.4 is 5.32 Å². The van der Waals surface area contributed by atoms with E-state index >= 15 is 0 Å². The minimum atomic E-state index is -4.58. The molecule has 2 fully saturated rings. The van der Waals surface area contributed by atoms with Gasteiger partial charge in [-0.1, -0.05) is 84.4 Å². The highest BCUT2D eigenvalue weighted by atomic mass is 35.5. The van der Waals surface area contributed by atoms with Gasteiger partial charge in [-0.15, -0.1) is 0 Å². The standard InChI is InChI=1S/C37H37ClF3N3O6/c1-36(2,3)50-30(45)18-17-28(33(46)42-21-24-13-10-16-26(19-24)37(39,40)41)43-31(27(38)20-23-11-6-4-7-12-23)32(34(43)47)44-29(22-49-35(44)48)25-14-8-5-9-15-25/h4-16,19-20,28-29,31-32H,17-18,21-22H2,1-3H3,(H,42,46)/t28?,29-,31?,32?/m1/s1. The van der Waals surface area contributed by atoms with Crippen molar-refractivity contribution in [3.63, 3.8) is 0 Å². The first-order valence-corrected chi connectivity index (χ1v) is 16.4. The average Bonchev–Trinajstić information content (AvgIpc) is 3.43. The predicted octanol–water partition coefficient (Wildman–Crippen LogP) is 6.86. The van der Waals surface area contributed by atoms with E-state index < -0.39 is 65.4 Å². The quantitative estimate of drug-likeness (QED) is 0.172. The van der Waals surface area contributed by atoms with Crippen molar-refractivity contribution in [3.8, 4) is 0 Å². The maximum absolute atomic E-state index is 14.3. The van der Waals surface area contributed by atoms with Crippen LogP contribution in [0, 0.1) is 0 Å². The maximum Gasteiger partial charge on any atom is 0.416 e. The summed E-state index contributed by atoms with van der Waals surface area (Å²) in [6.07, 6.45) is -4.15. The number of amides is 3. The van der Waals surface area contributed by atoms with Crippen LogP contribution in [0.3, 0.4) is 0 Å². The zero-order chi connectivity index (χ0) is 36.2. The summed E-state index contributed by atoms with van der Waals surface area (Å²) in [6.45, 7) is 4.77. The van der Waals surface area contributed by atoms with E-state index in [0.29, 0.717) is 5.56 Å². The Bertz CT molecular complexity index is 1750. The molecular weight excluding hydrogens is 675 g/mol. The van der Waals surface area contributed by atoms with Gasteiger partial charge in [0.2, 0.25) is 11.8 Å². The number of ether oxygens (including phenoxy) is 2. The van der Waals surface area contributed by atoms with E-state index in [9.17, 15) is 32.3 Å². The van der Waals surface area contributed by atoms with E-state index in [4.69, 9.17) is 21.1 Å². The highest BCUT2D eigenvalue weighted by Gasteiger charge is 2.60. The van der Waals surface area contributed by atoms with Gasteiger partial charge in [-0.25, -0.2) is 4.79 Å². The Morgan fingerprint density at radius 3 is 2.30 bits per heavy atom. The largest absolute Gasteiger partial charge is 0.460 e. The molecule has 0 saturated carbocycles. The molecule has 0 radical (unpaired) electrons. The summed E-state index contributed by atoms with van der Waals surface area (Å²) in [5.74, 6) is -1.96. The molecule has 2 heterocycles. The molecule has 2 saturated heterocycles. The normalized spacial score (nSPS) is 20.2. The fourth-order valence-corrected chi connectivity index (χ4v) is 6.42. The van der Waals surface area contributed by atoms with E-state index in [-0.39, 0.29) is 36.6 Å². The summed E-state index contributed by atoms with van der Waals surface area (Å²) in [5.41, 5.74) is -0.0980. The molecule has 9 nitrogen and oxygen atoms in total. The molecule has 0 spiro atoms. The molecule has 3 unspecified atom stereocenters. The summed E-state index contributed by atoms with van der Waals surface area (Å²) in [5, 5.41) is 2.78. The van der Waals surface area contributed by atoms with Crippen LogP contribution >= 0.6 is 11.6 Å². The Labute approximate surface area is 293 Å². The molecule has 3 aromatic carbocycles. The zero-order valence-electron chi connectivity index (χ0n) is 27.7. The van der Waals surface area contributed by atoms with Crippen LogP contribution in [0.2, 0.25) is 0 Å². The van der Waals surface area contributed by atoms with Crippen LogP contribution in [-0.2, 0) is 36.6 Å². The fourth-order valence-electron chi connectivity index (χ4n) is 6.07. The molecule has 2 aliphatic rings. The Kier molecular flexibility index (Phi) is 10.9. The lowest BCUT2D eigenvalue weighted by Gasteiger charge is -2.53. The van der Waals surface area contributed by atoms with Crippen LogP contribution in [0.15, 0.2) is 90.0 Å². The second kappa shape index (κ2) is 15.0. The lowest BCUT2D eigenvalue weighted by atomic mass is 9.87. The number of hydrogen-bond acceptors (Lipinski definition) is 6. The third kappa shape index (κ3) is 8.47. The molecule has 50 heavy (non-hydrogen) atoms. The number of nitrogens with zero attached hydrogens (tertiary/aromatic N) is 2. The SMILES string of the molecule is CC(C)(C)OC(=O)CCC(C(=O)NCc1cccc(C(F)(F)F)c1)N1C(=O)C(N2C(=O)OC[C@@H]2c2ccccc2)C1C(Cl)=Cc1ccccc1. The number of halogens is 4. The molecule has 0 aromatic heterocycles. The third-order valence-corrected chi connectivity index (χ3v) is 8.62. The molecule has 2 aliphatic heterocycles. The highest BCUT2D eigenvalue weighted by Crippen LogP contribution is 2.42. The van der Waals surface area contributed by atoms with E-state index in [1.54, 1.807) is 63.2 Å². The summed E-state index contributed by atoms with van der Waals surface area (Å²) in [4.78, 5) is 56.8. The van der Waals surface area contributed by atoms with Gasteiger partial charge in [0.1, 0.15) is 24.3 Å². The van der Waals surface area contributed by atoms with Crippen molar-refractivity contribution in [1.82, 2.24) is 15.1 Å². The number of hydrogen-bond donors (Lipinski definition) is 1. The molecule has 1 N–H and O–H groups in total. The molecule has 264 valence electrons. The smallest absolute Gasteiger partial charge is 0.416 e. The van der Waals surface area contributed by atoms with Gasteiger partial charge in [0.25, 0.3) is 0 Å². The van der Waals surface area contributed by atoms with Crippen molar-refractivity contribution in [2.45, 2.75) is 76.1 Å². The Morgan fingerprint density at radius 1 is 1.00 bits per heavy atom. The van der Waals surface area contributed by atoms with Crippen LogP contribution in [0.25, 0.3) is 6.08 Å². The van der Waals surface area contributed by atoms with Crippen LogP contribution in [0.1, 0.15) is 61.9 Å². The maximum atomic E-state index is 14.3.